The van der Waals surface area contributed by atoms with Crippen LogP contribution >= 0.6 is 0 Å². The van der Waals surface area contributed by atoms with E-state index in [-0.39, 0.29) is 6.04 Å². The summed E-state index contributed by atoms with van der Waals surface area (Å²) in [6.45, 7) is 3.61. The highest BCUT2D eigenvalue weighted by Gasteiger charge is 2.11. The summed E-state index contributed by atoms with van der Waals surface area (Å²) in [4.78, 5) is 26.0. The molecule has 0 fully saturated rings. The van der Waals surface area contributed by atoms with Gasteiger partial charge in [-0.2, -0.15) is 0 Å². The van der Waals surface area contributed by atoms with Crippen molar-refractivity contribution in [3.63, 3.8) is 0 Å². The Balaban J connectivity index is 3.81. The zero-order valence-corrected chi connectivity index (χ0v) is 10.5. The molecule has 6 nitrogen and oxygen atoms in total. The second kappa shape index (κ2) is 9.89. The van der Waals surface area contributed by atoms with Gasteiger partial charge < -0.3 is 10.4 Å². The van der Waals surface area contributed by atoms with E-state index in [9.17, 15) is 9.59 Å². The second-order valence-corrected chi connectivity index (χ2v) is 3.89. The summed E-state index contributed by atoms with van der Waals surface area (Å²) < 4.78 is 0. The van der Waals surface area contributed by atoms with E-state index in [2.05, 4.69) is 24.0 Å². The Morgan fingerprint density at radius 2 is 1.94 bits per heavy atom. The number of urea groups is 1. The van der Waals surface area contributed by atoms with Crippen LogP contribution in [-0.2, 0) is 9.63 Å². The van der Waals surface area contributed by atoms with E-state index in [1.54, 1.807) is 0 Å². The average molecular weight is 246 g/mol. The first-order valence-electron chi connectivity index (χ1n) is 6.00. The van der Waals surface area contributed by atoms with E-state index < -0.39 is 18.6 Å². The fourth-order valence-electron chi connectivity index (χ4n) is 1.47. The molecule has 1 atom stereocenters. The number of unbranched alkanes of at least 4 members (excludes halogenated alkanes) is 1. The lowest BCUT2D eigenvalue weighted by Crippen LogP contribution is -2.42. The first kappa shape index (κ1) is 15.7. The minimum Gasteiger partial charge on any atom is -0.479 e. The number of carboxylic acids is 1. The van der Waals surface area contributed by atoms with Crippen LogP contribution < -0.4 is 10.8 Å². The number of hydrogen-bond donors (Lipinski definition) is 3. The Labute approximate surface area is 102 Å². The molecule has 0 saturated heterocycles. The van der Waals surface area contributed by atoms with Gasteiger partial charge in [-0.15, -0.1) is 0 Å². The minimum absolute atomic E-state index is 0.119. The highest BCUT2D eigenvalue weighted by molar-refractivity contribution is 5.73. The fourth-order valence-corrected chi connectivity index (χ4v) is 1.47. The Morgan fingerprint density at radius 1 is 1.24 bits per heavy atom. The van der Waals surface area contributed by atoms with Crippen molar-refractivity contribution in [2.24, 2.45) is 0 Å². The van der Waals surface area contributed by atoms with Crippen LogP contribution in [0, 0.1) is 0 Å². The van der Waals surface area contributed by atoms with Gasteiger partial charge in [-0.05, 0) is 12.8 Å². The van der Waals surface area contributed by atoms with Crippen molar-refractivity contribution in [3.8, 4) is 0 Å². The van der Waals surface area contributed by atoms with E-state index in [4.69, 9.17) is 5.11 Å². The predicted molar refractivity (Wildman–Crippen MR) is 63.5 cm³/mol. The fraction of sp³-hybridized carbons (Fsp3) is 0.818. The number of hydroxylamine groups is 1. The van der Waals surface area contributed by atoms with Gasteiger partial charge in [0.2, 0.25) is 0 Å². The molecular formula is C11H22N2O4. The molecule has 6 heteroatoms. The molecule has 1 unspecified atom stereocenters. The molecule has 0 aromatic rings. The summed E-state index contributed by atoms with van der Waals surface area (Å²) in [6, 6.07) is -0.366. The van der Waals surface area contributed by atoms with Gasteiger partial charge in [-0.3, -0.25) is 4.84 Å². The maximum atomic E-state index is 11.3. The third-order valence-electron chi connectivity index (χ3n) is 2.24. The molecule has 0 rings (SSSR count). The van der Waals surface area contributed by atoms with E-state index >= 15 is 0 Å². The summed E-state index contributed by atoms with van der Waals surface area (Å²) >= 11 is 0. The first-order valence-corrected chi connectivity index (χ1v) is 6.00. The third-order valence-corrected chi connectivity index (χ3v) is 2.24. The molecule has 0 heterocycles. The van der Waals surface area contributed by atoms with Crippen molar-refractivity contribution in [3.05, 3.63) is 0 Å². The number of rotatable bonds is 9. The molecule has 100 valence electrons. The SMILES string of the molecule is CCCCC(CCC)NC(=O)NOCC(=O)O. The van der Waals surface area contributed by atoms with Crippen molar-refractivity contribution in [2.75, 3.05) is 6.61 Å². The molecule has 17 heavy (non-hydrogen) atoms. The molecule has 0 aliphatic heterocycles. The lowest BCUT2D eigenvalue weighted by molar-refractivity contribution is -0.144. The Bertz CT molecular complexity index is 234. The van der Waals surface area contributed by atoms with E-state index in [0.29, 0.717) is 0 Å². The monoisotopic (exact) mass is 246 g/mol. The minimum atomic E-state index is -1.12. The molecule has 2 amide bonds. The van der Waals surface area contributed by atoms with Crippen LogP contribution in [0.4, 0.5) is 4.79 Å². The van der Waals surface area contributed by atoms with Gasteiger partial charge in [-0.25, -0.2) is 15.1 Å². The summed E-state index contributed by atoms with van der Waals surface area (Å²) in [5.41, 5.74) is 2.05. The van der Waals surface area contributed by atoms with Crippen molar-refractivity contribution >= 4 is 12.0 Å². The van der Waals surface area contributed by atoms with Crippen LogP contribution in [0.15, 0.2) is 0 Å². The standard InChI is InChI=1S/C11H22N2O4/c1-3-5-7-9(6-4-2)12-11(16)13-17-8-10(14)15/h9H,3-8H2,1-2H3,(H,14,15)(H2,12,13,16). The van der Waals surface area contributed by atoms with Gasteiger partial charge in [0.15, 0.2) is 6.61 Å². The molecule has 0 aliphatic rings. The molecule has 0 aliphatic carbocycles. The first-order chi connectivity index (χ1) is 8.10. The zero-order chi connectivity index (χ0) is 13.1. The predicted octanol–water partition coefficient (Wildman–Crippen LogP) is 1.66. The van der Waals surface area contributed by atoms with Crippen LogP contribution in [0.5, 0.6) is 0 Å². The Hall–Kier alpha value is -1.30. The number of nitrogens with one attached hydrogen (secondary N) is 2. The highest BCUT2D eigenvalue weighted by Crippen LogP contribution is 2.06. The van der Waals surface area contributed by atoms with Crippen LogP contribution in [0.2, 0.25) is 0 Å². The van der Waals surface area contributed by atoms with E-state index in [1.807, 2.05) is 5.48 Å². The number of carbonyl (C=O) groups excluding carboxylic acids is 1. The smallest absolute Gasteiger partial charge is 0.338 e. The van der Waals surface area contributed by atoms with Gasteiger partial charge in [0.1, 0.15) is 0 Å². The topological polar surface area (TPSA) is 87.7 Å². The van der Waals surface area contributed by atoms with Crippen LogP contribution in [-0.4, -0.2) is 29.8 Å². The van der Waals surface area contributed by atoms with E-state index in [0.717, 1.165) is 32.1 Å². The lowest BCUT2D eigenvalue weighted by Gasteiger charge is -2.17. The third kappa shape index (κ3) is 9.62. The molecular weight excluding hydrogens is 224 g/mol. The average Bonchev–Trinajstić information content (AvgIpc) is 2.25. The van der Waals surface area contributed by atoms with Gasteiger partial charge in [0.05, 0.1) is 0 Å². The van der Waals surface area contributed by atoms with Crippen LogP contribution in [0.25, 0.3) is 0 Å². The largest absolute Gasteiger partial charge is 0.479 e. The van der Waals surface area contributed by atoms with Gasteiger partial charge in [-0.1, -0.05) is 33.1 Å². The molecule has 0 saturated carbocycles. The molecule has 3 N–H and O–H groups in total. The maximum absolute atomic E-state index is 11.3. The number of amides is 2. The summed E-state index contributed by atoms with van der Waals surface area (Å²) in [6.07, 6.45) is 4.97. The molecule has 0 bridgehead atoms. The van der Waals surface area contributed by atoms with Crippen LogP contribution in [0.3, 0.4) is 0 Å². The lowest BCUT2D eigenvalue weighted by atomic mass is 10.1. The second-order valence-electron chi connectivity index (χ2n) is 3.89. The van der Waals surface area contributed by atoms with E-state index in [1.165, 1.54) is 0 Å². The molecule has 0 spiro atoms. The highest BCUT2D eigenvalue weighted by atomic mass is 16.7. The number of hydrogen-bond acceptors (Lipinski definition) is 3. The summed E-state index contributed by atoms with van der Waals surface area (Å²) in [7, 11) is 0. The molecule has 0 aromatic heterocycles. The van der Waals surface area contributed by atoms with Crippen molar-refractivity contribution in [2.45, 2.75) is 52.0 Å². The van der Waals surface area contributed by atoms with Crippen molar-refractivity contribution < 1.29 is 19.5 Å². The molecule has 0 radical (unpaired) electrons. The zero-order valence-electron chi connectivity index (χ0n) is 10.5. The number of aliphatic carboxylic acids is 1. The summed E-state index contributed by atoms with van der Waals surface area (Å²) in [5, 5.41) is 11.1. The van der Waals surface area contributed by atoms with Crippen LogP contribution in [0.1, 0.15) is 46.0 Å². The number of carboxylic acid groups (broad SMARTS) is 1. The van der Waals surface area contributed by atoms with Gasteiger partial charge >= 0.3 is 12.0 Å². The Kier molecular flexibility index (Phi) is 9.14. The maximum Gasteiger partial charge on any atom is 0.338 e. The molecule has 0 aromatic carbocycles. The number of carbonyl (C=O) groups is 2. The van der Waals surface area contributed by atoms with Crippen molar-refractivity contribution in [1.82, 2.24) is 10.8 Å². The quantitative estimate of drug-likeness (QED) is 0.540. The normalized spacial score (nSPS) is 11.9. The van der Waals surface area contributed by atoms with Gasteiger partial charge in [0.25, 0.3) is 0 Å². The Morgan fingerprint density at radius 3 is 2.47 bits per heavy atom. The summed E-state index contributed by atoms with van der Waals surface area (Å²) in [5.74, 6) is -1.12. The van der Waals surface area contributed by atoms with Crippen molar-refractivity contribution in [1.29, 1.82) is 0 Å². The van der Waals surface area contributed by atoms with Gasteiger partial charge in [0, 0.05) is 6.04 Å².